The predicted molar refractivity (Wildman–Crippen MR) is 78.0 cm³/mol. The van der Waals surface area contributed by atoms with Gasteiger partial charge in [-0.25, -0.2) is 8.42 Å². The molecule has 0 aliphatic heterocycles. The molecular formula is C15H23NO2S. The first-order valence-corrected chi connectivity index (χ1v) is 8.55. The summed E-state index contributed by atoms with van der Waals surface area (Å²) in [4.78, 5) is 0.465. The highest BCUT2D eigenvalue weighted by Crippen LogP contribution is 2.34. The topological polar surface area (TPSA) is 46.2 Å². The molecule has 0 radical (unpaired) electrons. The van der Waals surface area contributed by atoms with E-state index in [0.29, 0.717) is 10.9 Å². The molecule has 19 heavy (non-hydrogen) atoms. The van der Waals surface area contributed by atoms with E-state index in [1.54, 1.807) is 12.1 Å². The fraction of sp³-hybridized carbons (Fsp3) is 0.600. The minimum atomic E-state index is -3.20. The lowest BCUT2D eigenvalue weighted by Gasteiger charge is -2.21. The zero-order valence-corrected chi connectivity index (χ0v) is 12.7. The number of rotatable bonds is 4. The molecule has 106 valence electrons. The average Bonchev–Trinajstić information content (AvgIpc) is 2.73. The third kappa shape index (κ3) is 2.84. The van der Waals surface area contributed by atoms with Crippen molar-refractivity contribution in [2.45, 2.75) is 49.8 Å². The van der Waals surface area contributed by atoms with Crippen molar-refractivity contribution in [3.05, 3.63) is 29.8 Å². The SMILES string of the molecule is CCNC1CCC(S(=O)(=O)c2ccc(C)cc2)C1C. The Hall–Kier alpha value is -0.870. The Balaban J connectivity index is 2.23. The van der Waals surface area contributed by atoms with Crippen LogP contribution in [0, 0.1) is 12.8 Å². The molecule has 0 saturated heterocycles. The van der Waals surface area contributed by atoms with Crippen LogP contribution in [0.15, 0.2) is 29.2 Å². The molecule has 0 spiro atoms. The lowest BCUT2D eigenvalue weighted by Crippen LogP contribution is -2.36. The number of hydrogen-bond donors (Lipinski definition) is 1. The van der Waals surface area contributed by atoms with Gasteiger partial charge in [0, 0.05) is 6.04 Å². The van der Waals surface area contributed by atoms with Crippen LogP contribution in [0.3, 0.4) is 0 Å². The number of nitrogens with one attached hydrogen (secondary N) is 1. The van der Waals surface area contributed by atoms with Crippen LogP contribution in [0.4, 0.5) is 0 Å². The summed E-state index contributed by atoms with van der Waals surface area (Å²) in [6.07, 6.45) is 1.71. The number of hydrogen-bond acceptors (Lipinski definition) is 3. The second-order valence-corrected chi connectivity index (χ2v) is 7.66. The maximum Gasteiger partial charge on any atom is 0.181 e. The standard InChI is InChI=1S/C15H23NO2S/c1-4-16-14-9-10-15(12(14)3)19(17,18)13-7-5-11(2)6-8-13/h5-8,12,14-16H,4,9-10H2,1-3H3. The predicted octanol–water partition coefficient (Wildman–Crippen LogP) is 2.55. The lowest BCUT2D eigenvalue weighted by atomic mass is 10.1. The van der Waals surface area contributed by atoms with Gasteiger partial charge in [0.15, 0.2) is 9.84 Å². The molecule has 1 aliphatic rings. The van der Waals surface area contributed by atoms with Gasteiger partial charge in [-0.1, -0.05) is 31.5 Å². The maximum absolute atomic E-state index is 12.7. The normalized spacial score (nSPS) is 27.6. The quantitative estimate of drug-likeness (QED) is 0.922. The lowest BCUT2D eigenvalue weighted by molar-refractivity contribution is 0.433. The fourth-order valence-corrected chi connectivity index (χ4v) is 5.09. The van der Waals surface area contributed by atoms with E-state index in [9.17, 15) is 8.42 Å². The monoisotopic (exact) mass is 281 g/mol. The van der Waals surface area contributed by atoms with Crippen molar-refractivity contribution in [1.29, 1.82) is 0 Å². The Morgan fingerprint density at radius 3 is 2.42 bits per heavy atom. The van der Waals surface area contributed by atoms with Crippen molar-refractivity contribution >= 4 is 9.84 Å². The van der Waals surface area contributed by atoms with Crippen molar-refractivity contribution in [3.63, 3.8) is 0 Å². The molecule has 0 bridgehead atoms. The molecule has 1 aromatic rings. The summed E-state index contributed by atoms with van der Waals surface area (Å²) in [7, 11) is -3.20. The first-order chi connectivity index (χ1) is 8.96. The highest BCUT2D eigenvalue weighted by Gasteiger charge is 2.41. The number of benzene rings is 1. The third-order valence-electron chi connectivity index (χ3n) is 4.20. The molecular weight excluding hydrogens is 258 g/mol. The Morgan fingerprint density at radius 2 is 1.84 bits per heavy atom. The van der Waals surface area contributed by atoms with E-state index in [2.05, 4.69) is 19.2 Å². The molecule has 3 unspecified atom stereocenters. The van der Waals surface area contributed by atoms with Crippen LogP contribution in [0.2, 0.25) is 0 Å². The number of sulfone groups is 1. The van der Waals surface area contributed by atoms with E-state index < -0.39 is 9.84 Å². The van der Waals surface area contributed by atoms with Crippen LogP contribution in [0.1, 0.15) is 32.3 Å². The Kier molecular flexibility index (Phi) is 4.31. The van der Waals surface area contributed by atoms with Crippen LogP contribution in [0.25, 0.3) is 0 Å². The summed E-state index contributed by atoms with van der Waals surface area (Å²) < 4.78 is 25.4. The summed E-state index contributed by atoms with van der Waals surface area (Å²) in [6.45, 7) is 6.98. The minimum Gasteiger partial charge on any atom is -0.314 e. The van der Waals surface area contributed by atoms with Crippen LogP contribution in [-0.4, -0.2) is 26.3 Å². The molecule has 1 fully saturated rings. The molecule has 2 rings (SSSR count). The highest BCUT2D eigenvalue weighted by atomic mass is 32.2. The second-order valence-electron chi connectivity index (χ2n) is 5.50. The second kappa shape index (κ2) is 5.63. The zero-order valence-electron chi connectivity index (χ0n) is 11.9. The zero-order chi connectivity index (χ0) is 14.0. The van der Waals surface area contributed by atoms with Crippen molar-refractivity contribution in [2.75, 3.05) is 6.54 Å². The summed E-state index contributed by atoms with van der Waals surface area (Å²) in [6, 6.07) is 7.54. The van der Waals surface area contributed by atoms with Crippen molar-refractivity contribution < 1.29 is 8.42 Å². The summed E-state index contributed by atoms with van der Waals surface area (Å²) >= 11 is 0. The highest BCUT2D eigenvalue weighted by molar-refractivity contribution is 7.92. The molecule has 3 nitrogen and oxygen atoms in total. The van der Waals surface area contributed by atoms with Crippen molar-refractivity contribution in [2.24, 2.45) is 5.92 Å². The Morgan fingerprint density at radius 1 is 1.21 bits per heavy atom. The fourth-order valence-electron chi connectivity index (χ4n) is 3.02. The van der Waals surface area contributed by atoms with E-state index in [1.807, 2.05) is 19.1 Å². The van der Waals surface area contributed by atoms with E-state index in [-0.39, 0.29) is 11.2 Å². The van der Waals surface area contributed by atoms with Gasteiger partial charge in [-0.15, -0.1) is 0 Å². The molecule has 0 aromatic heterocycles. The summed E-state index contributed by atoms with van der Waals surface area (Å²) in [5, 5.41) is 3.14. The van der Waals surface area contributed by atoms with Gasteiger partial charge < -0.3 is 5.32 Å². The van der Waals surface area contributed by atoms with Crippen LogP contribution >= 0.6 is 0 Å². The molecule has 0 amide bonds. The molecule has 0 heterocycles. The van der Waals surface area contributed by atoms with Crippen molar-refractivity contribution in [3.8, 4) is 0 Å². The maximum atomic E-state index is 12.7. The summed E-state index contributed by atoms with van der Waals surface area (Å²) in [5.41, 5.74) is 1.09. The molecule has 1 saturated carbocycles. The van der Waals surface area contributed by atoms with Gasteiger partial charge in [-0.3, -0.25) is 0 Å². The van der Waals surface area contributed by atoms with Crippen LogP contribution < -0.4 is 5.32 Å². The van der Waals surface area contributed by atoms with Crippen molar-refractivity contribution in [1.82, 2.24) is 5.32 Å². The first-order valence-electron chi connectivity index (χ1n) is 7.00. The van der Waals surface area contributed by atoms with Crippen LogP contribution in [0.5, 0.6) is 0 Å². The Bertz CT molecular complexity index is 522. The van der Waals surface area contributed by atoms with Gasteiger partial charge in [-0.2, -0.15) is 0 Å². The van der Waals surface area contributed by atoms with Crippen LogP contribution in [-0.2, 0) is 9.84 Å². The molecule has 3 atom stereocenters. The molecule has 1 aromatic carbocycles. The average molecular weight is 281 g/mol. The van der Waals surface area contributed by atoms with Gasteiger partial charge in [0.05, 0.1) is 10.1 Å². The molecule has 4 heteroatoms. The van der Waals surface area contributed by atoms with Gasteiger partial charge in [0.25, 0.3) is 0 Å². The minimum absolute atomic E-state index is 0.172. The smallest absolute Gasteiger partial charge is 0.181 e. The largest absolute Gasteiger partial charge is 0.314 e. The van der Waals surface area contributed by atoms with Gasteiger partial charge in [0.2, 0.25) is 0 Å². The van der Waals surface area contributed by atoms with Gasteiger partial charge >= 0.3 is 0 Å². The van der Waals surface area contributed by atoms with E-state index in [1.165, 1.54) is 0 Å². The first kappa shape index (κ1) is 14.5. The van der Waals surface area contributed by atoms with E-state index >= 15 is 0 Å². The Labute approximate surface area is 116 Å². The molecule has 1 N–H and O–H groups in total. The van der Waals surface area contributed by atoms with E-state index in [4.69, 9.17) is 0 Å². The van der Waals surface area contributed by atoms with Gasteiger partial charge in [-0.05, 0) is 44.4 Å². The van der Waals surface area contributed by atoms with E-state index in [0.717, 1.165) is 24.9 Å². The molecule has 1 aliphatic carbocycles. The van der Waals surface area contributed by atoms with Gasteiger partial charge in [0.1, 0.15) is 0 Å². The summed E-state index contributed by atoms with van der Waals surface area (Å²) in [5.74, 6) is 0.172. The third-order valence-corrected chi connectivity index (χ3v) is 6.59. The number of aryl methyl sites for hydroxylation is 1.